The van der Waals surface area contributed by atoms with Gasteiger partial charge in [0, 0.05) is 12.5 Å². The van der Waals surface area contributed by atoms with Crippen LogP contribution in [0.4, 0.5) is 0 Å². The summed E-state index contributed by atoms with van der Waals surface area (Å²) in [4.78, 5) is 0. The van der Waals surface area contributed by atoms with Crippen molar-refractivity contribution in [2.75, 3.05) is 0 Å². The zero-order valence-electron chi connectivity index (χ0n) is 9.75. The lowest BCUT2D eigenvalue weighted by Crippen LogP contribution is -2.14. The smallest absolute Gasteiger partial charge is 0.0573 e. The third kappa shape index (κ3) is 2.98. The highest BCUT2D eigenvalue weighted by atomic mass is 127. The summed E-state index contributed by atoms with van der Waals surface area (Å²) in [6, 6.07) is 12.3. The molecule has 2 aromatic carbocycles. The molecule has 2 rings (SSSR count). The van der Waals surface area contributed by atoms with Gasteiger partial charge < -0.3 is 5.73 Å². The van der Waals surface area contributed by atoms with Crippen molar-refractivity contribution < 1.29 is 0 Å². The second-order valence-corrected chi connectivity index (χ2v) is 6.99. The Morgan fingerprint density at radius 1 is 1.06 bits per heavy atom. The monoisotopic (exact) mass is 479 g/mol. The van der Waals surface area contributed by atoms with Crippen LogP contribution in [0.2, 0.25) is 0 Å². The zero-order valence-corrected chi connectivity index (χ0v) is 15.1. The molecule has 1 nitrogen and oxygen atoms in total. The van der Waals surface area contributed by atoms with E-state index in [-0.39, 0.29) is 6.04 Å². The van der Waals surface area contributed by atoms with Gasteiger partial charge in [0.1, 0.15) is 0 Å². The average Bonchev–Trinajstić information content (AvgIpc) is 2.33. The molecule has 2 aromatic rings. The summed E-state index contributed by atoms with van der Waals surface area (Å²) < 4.78 is 3.32. The molecule has 0 aliphatic carbocycles. The van der Waals surface area contributed by atoms with E-state index in [0.717, 1.165) is 20.1 Å². The molecule has 0 aliphatic rings. The molecule has 0 aliphatic heterocycles. The fourth-order valence-corrected chi connectivity index (χ4v) is 3.58. The molecule has 0 amide bonds. The van der Waals surface area contributed by atoms with Gasteiger partial charge in [0.25, 0.3) is 0 Å². The largest absolute Gasteiger partial charge is 0.320 e. The minimum Gasteiger partial charge on any atom is -0.320 e. The number of nitrogens with two attached hydrogens (primary N) is 1. The summed E-state index contributed by atoms with van der Waals surface area (Å²) in [7, 11) is 0. The van der Waals surface area contributed by atoms with Crippen LogP contribution in [0.3, 0.4) is 0 Å². The van der Waals surface area contributed by atoms with Crippen LogP contribution in [-0.2, 0) is 0 Å². The highest BCUT2D eigenvalue weighted by Crippen LogP contribution is 2.33. The number of hydrogen-bond donors (Lipinski definition) is 1. The molecule has 1 unspecified atom stereocenters. The van der Waals surface area contributed by atoms with Crippen molar-refractivity contribution in [1.82, 2.24) is 0 Å². The second kappa shape index (κ2) is 6.03. The molecule has 0 saturated heterocycles. The van der Waals surface area contributed by atoms with Crippen molar-refractivity contribution in [3.05, 3.63) is 65.6 Å². The lowest BCUT2D eigenvalue weighted by atomic mass is 9.99. The molecule has 0 spiro atoms. The minimum absolute atomic E-state index is 0.121. The van der Waals surface area contributed by atoms with Gasteiger partial charge in [-0.3, -0.25) is 0 Å². The van der Waals surface area contributed by atoms with Gasteiger partial charge in [0.2, 0.25) is 0 Å². The lowest BCUT2D eigenvalue weighted by molar-refractivity contribution is 0.858. The molecule has 0 fully saturated rings. The fourth-order valence-electron chi connectivity index (χ4n) is 1.79. The fraction of sp³-hybridized carbons (Fsp3) is 0.143. The van der Waals surface area contributed by atoms with Crippen LogP contribution in [0, 0.1) is 10.5 Å². The number of hydrogen-bond acceptors (Lipinski definition) is 1. The molecule has 18 heavy (non-hydrogen) atoms. The molecule has 0 bridgehead atoms. The Morgan fingerprint density at radius 2 is 1.72 bits per heavy atom. The minimum atomic E-state index is -0.121. The molecular weight excluding hydrogens is 469 g/mol. The van der Waals surface area contributed by atoms with Crippen LogP contribution in [-0.4, -0.2) is 0 Å². The first kappa shape index (κ1) is 14.5. The van der Waals surface area contributed by atoms with Crippen molar-refractivity contribution in [2.24, 2.45) is 5.73 Å². The standard InChI is InChI=1S/C14H12Br2IN/c1-8-6-12(16)10(7-11(8)15)14(18)9-4-2-3-5-13(9)17/h2-7,14H,18H2,1H3. The highest BCUT2D eigenvalue weighted by Gasteiger charge is 2.15. The van der Waals surface area contributed by atoms with Crippen LogP contribution in [0.15, 0.2) is 45.3 Å². The van der Waals surface area contributed by atoms with Gasteiger partial charge in [-0.15, -0.1) is 0 Å². The second-order valence-electron chi connectivity index (χ2n) is 4.12. The molecule has 2 N–H and O–H groups in total. The van der Waals surface area contributed by atoms with Crippen molar-refractivity contribution >= 4 is 54.5 Å². The van der Waals surface area contributed by atoms with Crippen LogP contribution >= 0.6 is 54.5 Å². The van der Waals surface area contributed by atoms with Crippen molar-refractivity contribution in [3.63, 3.8) is 0 Å². The summed E-state index contributed by atoms with van der Waals surface area (Å²) >= 11 is 9.48. The van der Waals surface area contributed by atoms with Gasteiger partial charge in [0.05, 0.1) is 6.04 Å². The molecule has 0 heterocycles. The Hall–Kier alpha value is 0.0900. The Labute approximate surface area is 138 Å². The number of rotatable bonds is 2. The lowest BCUT2D eigenvalue weighted by Gasteiger charge is -2.17. The number of aryl methyl sites for hydroxylation is 1. The Morgan fingerprint density at radius 3 is 2.39 bits per heavy atom. The first-order chi connectivity index (χ1) is 8.50. The van der Waals surface area contributed by atoms with Crippen LogP contribution in [0.25, 0.3) is 0 Å². The van der Waals surface area contributed by atoms with E-state index in [1.54, 1.807) is 0 Å². The Kier molecular flexibility index (Phi) is 4.86. The maximum atomic E-state index is 6.38. The normalized spacial score (nSPS) is 12.5. The van der Waals surface area contributed by atoms with Gasteiger partial charge in [-0.05, 0) is 64.4 Å². The summed E-state index contributed by atoms with van der Waals surface area (Å²) in [6.07, 6.45) is 0. The van der Waals surface area contributed by atoms with Crippen LogP contribution < -0.4 is 5.73 Å². The average molecular weight is 481 g/mol. The predicted molar refractivity (Wildman–Crippen MR) is 91.8 cm³/mol. The maximum Gasteiger partial charge on any atom is 0.0573 e. The van der Waals surface area contributed by atoms with Gasteiger partial charge in [-0.1, -0.05) is 50.1 Å². The molecule has 0 radical (unpaired) electrons. The first-order valence-electron chi connectivity index (χ1n) is 5.46. The van der Waals surface area contributed by atoms with Gasteiger partial charge in [0.15, 0.2) is 0 Å². The third-order valence-corrected chi connectivity index (χ3v) is 5.38. The number of halogens is 3. The van der Waals surface area contributed by atoms with E-state index >= 15 is 0 Å². The van der Waals surface area contributed by atoms with Crippen LogP contribution in [0.1, 0.15) is 22.7 Å². The van der Waals surface area contributed by atoms with E-state index < -0.39 is 0 Å². The van der Waals surface area contributed by atoms with Crippen LogP contribution in [0.5, 0.6) is 0 Å². The van der Waals surface area contributed by atoms with Gasteiger partial charge in [-0.25, -0.2) is 0 Å². The van der Waals surface area contributed by atoms with Gasteiger partial charge >= 0.3 is 0 Å². The molecule has 0 aromatic heterocycles. The SMILES string of the molecule is Cc1cc(Br)c(C(N)c2ccccc2I)cc1Br. The Bertz CT molecular complexity index is 584. The van der Waals surface area contributed by atoms with E-state index in [1.165, 1.54) is 9.13 Å². The summed E-state index contributed by atoms with van der Waals surface area (Å²) in [5.41, 5.74) is 9.82. The molecule has 4 heteroatoms. The van der Waals surface area contributed by atoms with E-state index in [1.807, 2.05) is 12.1 Å². The molecule has 1 atom stereocenters. The highest BCUT2D eigenvalue weighted by molar-refractivity contribution is 14.1. The van der Waals surface area contributed by atoms with E-state index in [4.69, 9.17) is 5.73 Å². The number of benzene rings is 2. The summed E-state index contributed by atoms with van der Waals surface area (Å²) in [5, 5.41) is 0. The molecule has 94 valence electrons. The van der Waals surface area contributed by atoms with Gasteiger partial charge in [-0.2, -0.15) is 0 Å². The van der Waals surface area contributed by atoms with Crippen molar-refractivity contribution in [3.8, 4) is 0 Å². The Balaban J connectivity index is 2.50. The third-order valence-electron chi connectivity index (χ3n) is 2.85. The first-order valence-corrected chi connectivity index (χ1v) is 8.12. The van der Waals surface area contributed by atoms with Crippen molar-refractivity contribution in [2.45, 2.75) is 13.0 Å². The van der Waals surface area contributed by atoms with E-state index in [0.29, 0.717) is 0 Å². The van der Waals surface area contributed by atoms with E-state index in [9.17, 15) is 0 Å². The zero-order chi connectivity index (χ0) is 13.3. The maximum absolute atomic E-state index is 6.38. The quantitative estimate of drug-likeness (QED) is 0.589. The topological polar surface area (TPSA) is 26.0 Å². The summed E-state index contributed by atoms with van der Waals surface area (Å²) in [5.74, 6) is 0. The van der Waals surface area contributed by atoms with E-state index in [2.05, 4.69) is 85.6 Å². The summed E-state index contributed by atoms with van der Waals surface area (Å²) in [6.45, 7) is 2.07. The molecular formula is C14H12Br2IN. The molecule has 0 saturated carbocycles. The van der Waals surface area contributed by atoms with Crippen molar-refractivity contribution in [1.29, 1.82) is 0 Å². The predicted octanol–water partition coefficient (Wildman–Crippen LogP) is 5.17.